The van der Waals surface area contributed by atoms with Crippen LogP contribution in [-0.4, -0.2) is 11.7 Å². The van der Waals surface area contributed by atoms with Crippen LogP contribution in [-0.2, 0) is 6.42 Å². The number of fused-ring (bicyclic) bond motifs is 1. The number of rotatable bonds is 8. The van der Waals surface area contributed by atoms with Crippen molar-refractivity contribution in [1.29, 1.82) is 0 Å². The minimum atomic E-state index is -0.295. The standard InChI is InChI=1S/C18H28O2/c1-2-3-4-5-6-7-13-20-16-12-11-15-9-8-10-18(19)17(15)14-16/h11-12,14,18-19H,2-10,13H2,1H3/t18-/m0/s1. The van der Waals surface area contributed by atoms with E-state index in [9.17, 15) is 5.11 Å². The van der Waals surface area contributed by atoms with Crippen LogP contribution in [0.15, 0.2) is 18.2 Å². The van der Waals surface area contributed by atoms with E-state index >= 15 is 0 Å². The summed E-state index contributed by atoms with van der Waals surface area (Å²) in [5, 5.41) is 10.0. The molecule has 0 saturated carbocycles. The lowest BCUT2D eigenvalue weighted by Crippen LogP contribution is -2.09. The predicted octanol–water partition coefficient (Wildman–Crippen LogP) is 4.80. The Hall–Kier alpha value is -1.02. The van der Waals surface area contributed by atoms with Crippen LogP contribution >= 0.6 is 0 Å². The molecule has 0 bridgehead atoms. The van der Waals surface area contributed by atoms with Gasteiger partial charge in [-0.05, 0) is 48.9 Å². The molecule has 0 aliphatic heterocycles. The molecule has 1 aliphatic carbocycles. The molecule has 0 aromatic heterocycles. The molecule has 1 N–H and O–H groups in total. The van der Waals surface area contributed by atoms with Crippen molar-refractivity contribution in [3.63, 3.8) is 0 Å². The zero-order chi connectivity index (χ0) is 14.2. The fraction of sp³-hybridized carbons (Fsp3) is 0.667. The van der Waals surface area contributed by atoms with E-state index in [0.717, 1.165) is 43.6 Å². The van der Waals surface area contributed by atoms with Crippen LogP contribution in [0, 0.1) is 0 Å². The van der Waals surface area contributed by atoms with Crippen LogP contribution < -0.4 is 4.74 Å². The Morgan fingerprint density at radius 2 is 1.95 bits per heavy atom. The molecule has 0 amide bonds. The maximum absolute atomic E-state index is 10.0. The van der Waals surface area contributed by atoms with Gasteiger partial charge in [0.15, 0.2) is 0 Å². The fourth-order valence-corrected chi connectivity index (χ4v) is 2.91. The number of unbranched alkanes of at least 4 members (excludes halogenated alkanes) is 5. The molecule has 0 unspecified atom stereocenters. The second kappa shape index (κ2) is 8.31. The van der Waals surface area contributed by atoms with Crippen molar-refractivity contribution < 1.29 is 9.84 Å². The molecular formula is C18H28O2. The number of hydrogen-bond acceptors (Lipinski definition) is 2. The average Bonchev–Trinajstić information content (AvgIpc) is 2.47. The highest BCUT2D eigenvalue weighted by Crippen LogP contribution is 2.32. The number of ether oxygens (including phenoxy) is 1. The van der Waals surface area contributed by atoms with Crippen LogP contribution in [0.2, 0.25) is 0 Å². The van der Waals surface area contributed by atoms with Crippen molar-refractivity contribution in [1.82, 2.24) is 0 Å². The summed E-state index contributed by atoms with van der Waals surface area (Å²) in [5.41, 5.74) is 2.37. The molecule has 112 valence electrons. The first-order chi connectivity index (χ1) is 9.81. The Bertz CT molecular complexity index is 400. The fourth-order valence-electron chi connectivity index (χ4n) is 2.91. The third-order valence-electron chi connectivity index (χ3n) is 4.17. The number of aliphatic hydroxyl groups excluding tert-OH is 1. The molecule has 1 aromatic rings. The largest absolute Gasteiger partial charge is 0.494 e. The molecular weight excluding hydrogens is 248 g/mol. The molecule has 0 radical (unpaired) electrons. The van der Waals surface area contributed by atoms with Crippen LogP contribution in [0.1, 0.15) is 75.5 Å². The van der Waals surface area contributed by atoms with E-state index in [4.69, 9.17) is 4.74 Å². The van der Waals surface area contributed by atoms with Gasteiger partial charge >= 0.3 is 0 Å². The van der Waals surface area contributed by atoms with E-state index in [2.05, 4.69) is 13.0 Å². The van der Waals surface area contributed by atoms with Crippen molar-refractivity contribution in [2.45, 2.75) is 70.8 Å². The second-order valence-corrected chi connectivity index (χ2v) is 5.88. The third-order valence-corrected chi connectivity index (χ3v) is 4.17. The van der Waals surface area contributed by atoms with Gasteiger partial charge in [0.2, 0.25) is 0 Å². The van der Waals surface area contributed by atoms with Gasteiger partial charge in [-0.3, -0.25) is 0 Å². The zero-order valence-corrected chi connectivity index (χ0v) is 12.7. The van der Waals surface area contributed by atoms with E-state index in [1.807, 2.05) is 12.1 Å². The Balaban J connectivity index is 1.72. The van der Waals surface area contributed by atoms with Gasteiger partial charge in [-0.2, -0.15) is 0 Å². The van der Waals surface area contributed by atoms with Crippen molar-refractivity contribution in [3.05, 3.63) is 29.3 Å². The number of aryl methyl sites for hydroxylation is 1. The summed E-state index contributed by atoms with van der Waals surface area (Å²) in [7, 11) is 0. The lowest BCUT2D eigenvalue weighted by Gasteiger charge is -2.22. The number of benzene rings is 1. The highest BCUT2D eigenvalue weighted by atomic mass is 16.5. The molecule has 0 saturated heterocycles. The summed E-state index contributed by atoms with van der Waals surface area (Å²) in [6, 6.07) is 6.21. The summed E-state index contributed by atoms with van der Waals surface area (Å²) in [6.45, 7) is 3.04. The highest BCUT2D eigenvalue weighted by molar-refractivity contribution is 5.38. The van der Waals surface area contributed by atoms with Crippen LogP contribution in [0.4, 0.5) is 0 Å². The Labute approximate surface area is 123 Å². The quantitative estimate of drug-likeness (QED) is 0.691. The Morgan fingerprint density at radius 3 is 2.80 bits per heavy atom. The molecule has 1 aromatic carbocycles. The molecule has 2 heteroatoms. The van der Waals surface area contributed by atoms with E-state index in [0.29, 0.717) is 0 Å². The number of hydrogen-bond donors (Lipinski definition) is 1. The van der Waals surface area contributed by atoms with Gasteiger partial charge in [-0.25, -0.2) is 0 Å². The lowest BCUT2D eigenvalue weighted by molar-refractivity contribution is 0.156. The monoisotopic (exact) mass is 276 g/mol. The summed E-state index contributed by atoms with van der Waals surface area (Å²) in [4.78, 5) is 0. The van der Waals surface area contributed by atoms with Gasteiger partial charge in [0.05, 0.1) is 12.7 Å². The molecule has 20 heavy (non-hydrogen) atoms. The Kier molecular flexibility index (Phi) is 6.38. The normalized spacial score (nSPS) is 17.8. The molecule has 2 nitrogen and oxygen atoms in total. The zero-order valence-electron chi connectivity index (χ0n) is 12.7. The van der Waals surface area contributed by atoms with Crippen molar-refractivity contribution in [3.8, 4) is 5.75 Å². The van der Waals surface area contributed by atoms with E-state index in [1.165, 1.54) is 37.7 Å². The van der Waals surface area contributed by atoms with Gasteiger partial charge in [0.25, 0.3) is 0 Å². The molecule has 2 rings (SSSR count). The molecule has 0 fully saturated rings. The van der Waals surface area contributed by atoms with Crippen molar-refractivity contribution in [2.75, 3.05) is 6.61 Å². The first-order valence-electron chi connectivity index (χ1n) is 8.25. The van der Waals surface area contributed by atoms with Gasteiger partial charge in [0, 0.05) is 0 Å². The maximum Gasteiger partial charge on any atom is 0.119 e. The maximum atomic E-state index is 10.0. The van der Waals surface area contributed by atoms with Gasteiger partial charge < -0.3 is 9.84 Å². The second-order valence-electron chi connectivity index (χ2n) is 5.88. The van der Waals surface area contributed by atoms with Gasteiger partial charge in [0.1, 0.15) is 5.75 Å². The van der Waals surface area contributed by atoms with E-state index < -0.39 is 0 Å². The van der Waals surface area contributed by atoms with Crippen LogP contribution in [0.5, 0.6) is 5.75 Å². The average molecular weight is 276 g/mol. The smallest absolute Gasteiger partial charge is 0.119 e. The van der Waals surface area contributed by atoms with Crippen LogP contribution in [0.3, 0.4) is 0 Å². The first-order valence-corrected chi connectivity index (χ1v) is 8.25. The Morgan fingerprint density at radius 1 is 1.15 bits per heavy atom. The minimum Gasteiger partial charge on any atom is -0.494 e. The third kappa shape index (κ3) is 4.52. The van der Waals surface area contributed by atoms with Crippen LogP contribution in [0.25, 0.3) is 0 Å². The highest BCUT2D eigenvalue weighted by Gasteiger charge is 2.18. The molecule has 1 atom stereocenters. The number of aliphatic hydroxyl groups is 1. The minimum absolute atomic E-state index is 0.295. The molecule has 0 spiro atoms. The summed E-state index contributed by atoms with van der Waals surface area (Å²) in [6.07, 6.45) is 10.5. The van der Waals surface area contributed by atoms with E-state index in [-0.39, 0.29) is 6.10 Å². The molecule has 1 aliphatic rings. The van der Waals surface area contributed by atoms with Gasteiger partial charge in [-0.15, -0.1) is 0 Å². The van der Waals surface area contributed by atoms with Crippen molar-refractivity contribution in [2.24, 2.45) is 0 Å². The first kappa shape index (κ1) is 15.4. The topological polar surface area (TPSA) is 29.5 Å². The van der Waals surface area contributed by atoms with E-state index in [1.54, 1.807) is 0 Å². The summed E-state index contributed by atoms with van der Waals surface area (Å²) < 4.78 is 5.82. The predicted molar refractivity (Wildman–Crippen MR) is 83.2 cm³/mol. The SMILES string of the molecule is CCCCCCCCOc1ccc2c(c1)[C@@H](O)CCC2. The molecule has 0 heterocycles. The summed E-state index contributed by atoms with van der Waals surface area (Å²) >= 11 is 0. The lowest BCUT2D eigenvalue weighted by atomic mass is 9.89. The summed E-state index contributed by atoms with van der Waals surface area (Å²) in [5.74, 6) is 0.915. The van der Waals surface area contributed by atoms with Crippen molar-refractivity contribution >= 4 is 0 Å². The van der Waals surface area contributed by atoms with Gasteiger partial charge in [-0.1, -0.05) is 45.1 Å².